The Bertz CT molecular complexity index is 587. The summed E-state index contributed by atoms with van der Waals surface area (Å²) in [5, 5.41) is 14.2. The van der Waals surface area contributed by atoms with Crippen LogP contribution in [0.25, 0.3) is 0 Å². The van der Waals surface area contributed by atoms with Gasteiger partial charge in [-0.15, -0.1) is 0 Å². The summed E-state index contributed by atoms with van der Waals surface area (Å²) in [7, 11) is -3.60. The fourth-order valence-electron chi connectivity index (χ4n) is 2.22. The molecule has 1 fully saturated rings. The standard InChI is InChI=1S/C11H15N3O4S/c12-19(17,18)7-8-4-10(16)14(5-8)11-9(6-15)2-1-3-13-11/h1-3,8,15H,4-7H2,(H2,12,17,18). The average molecular weight is 285 g/mol. The van der Waals surface area contributed by atoms with Crippen LogP contribution in [0.3, 0.4) is 0 Å². The lowest BCUT2D eigenvalue weighted by Gasteiger charge is -2.18. The van der Waals surface area contributed by atoms with E-state index in [1.807, 2.05) is 0 Å². The number of hydrogen-bond acceptors (Lipinski definition) is 5. The molecular weight excluding hydrogens is 270 g/mol. The van der Waals surface area contributed by atoms with E-state index in [2.05, 4.69) is 4.98 Å². The molecule has 104 valence electrons. The number of carbonyl (C=O) groups excluding carboxylic acids is 1. The third-order valence-corrected chi connectivity index (χ3v) is 3.90. The van der Waals surface area contributed by atoms with E-state index in [4.69, 9.17) is 5.14 Å². The second-order valence-electron chi connectivity index (χ2n) is 4.55. The number of sulfonamides is 1. The molecule has 2 rings (SSSR count). The van der Waals surface area contributed by atoms with Gasteiger partial charge in [0.05, 0.1) is 12.4 Å². The maximum atomic E-state index is 11.9. The van der Waals surface area contributed by atoms with Crippen LogP contribution in [0.5, 0.6) is 0 Å². The van der Waals surface area contributed by atoms with E-state index < -0.39 is 10.0 Å². The van der Waals surface area contributed by atoms with Gasteiger partial charge in [0.1, 0.15) is 5.82 Å². The van der Waals surface area contributed by atoms with Crippen molar-refractivity contribution in [2.75, 3.05) is 17.2 Å². The molecule has 19 heavy (non-hydrogen) atoms. The van der Waals surface area contributed by atoms with Gasteiger partial charge in [0.2, 0.25) is 15.9 Å². The van der Waals surface area contributed by atoms with Crippen molar-refractivity contribution in [2.24, 2.45) is 11.1 Å². The number of anilines is 1. The first-order valence-corrected chi connectivity index (χ1v) is 7.48. The summed E-state index contributed by atoms with van der Waals surface area (Å²) in [6, 6.07) is 3.33. The molecule has 8 heteroatoms. The minimum absolute atomic E-state index is 0.123. The Morgan fingerprint density at radius 1 is 1.53 bits per heavy atom. The van der Waals surface area contributed by atoms with Crippen LogP contribution in [0.4, 0.5) is 5.82 Å². The molecule has 1 saturated heterocycles. The first kappa shape index (κ1) is 13.9. The quantitative estimate of drug-likeness (QED) is 0.753. The van der Waals surface area contributed by atoms with Gasteiger partial charge in [-0.25, -0.2) is 18.5 Å². The maximum Gasteiger partial charge on any atom is 0.228 e. The van der Waals surface area contributed by atoms with E-state index in [0.717, 1.165) is 0 Å². The van der Waals surface area contributed by atoms with Crippen molar-refractivity contribution < 1.29 is 18.3 Å². The zero-order chi connectivity index (χ0) is 14.0. The molecule has 1 aliphatic rings. The molecule has 2 heterocycles. The van der Waals surface area contributed by atoms with E-state index in [9.17, 15) is 18.3 Å². The number of amides is 1. The normalized spacial score (nSPS) is 20.0. The summed E-state index contributed by atoms with van der Waals surface area (Å²) < 4.78 is 22.1. The lowest BCUT2D eigenvalue weighted by atomic mass is 10.1. The SMILES string of the molecule is NS(=O)(=O)CC1CC(=O)N(c2ncccc2CO)C1. The number of carbonyl (C=O) groups is 1. The number of hydrogen-bond donors (Lipinski definition) is 2. The summed E-state index contributed by atoms with van der Waals surface area (Å²) in [6.07, 6.45) is 1.65. The topological polar surface area (TPSA) is 114 Å². The highest BCUT2D eigenvalue weighted by Crippen LogP contribution is 2.26. The van der Waals surface area contributed by atoms with Crippen LogP contribution in [0.2, 0.25) is 0 Å². The molecule has 1 aromatic heterocycles. The average Bonchev–Trinajstić information content (AvgIpc) is 2.67. The molecule has 1 aliphatic heterocycles. The first-order valence-electron chi connectivity index (χ1n) is 5.76. The minimum atomic E-state index is -3.60. The molecule has 3 N–H and O–H groups in total. The van der Waals surface area contributed by atoms with Crippen LogP contribution in [0.1, 0.15) is 12.0 Å². The molecule has 0 aliphatic carbocycles. The Kier molecular flexibility index (Phi) is 3.83. The van der Waals surface area contributed by atoms with E-state index in [0.29, 0.717) is 11.4 Å². The summed E-state index contributed by atoms with van der Waals surface area (Å²) in [5.74, 6) is -0.388. The molecule has 1 amide bonds. The van der Waals surface area contributed by atoms with Crippen LogP contribution in [0, 0.1) is 5.92 Å². The van der Waals surface area contributed by atoms with Crippen molar-refractivity contribution in [3.63, 3.8) is 0 Å². The highest BCUT2D eigenvalue weighted by molar-refractivity contribution is 7.89. The molecule has 1 aromatic rings. The smallest absolute Gasteiger partial charge is 0.228 e. The van der Waals surface area contributed by atoms with Crippen LogP contribution in [0.15, 0.2) is 18.3 Å². The zero-order valence-electron chi connectivity index (χ0n) is 10.2. The summed E-state index contributed by atoms with van der Waals surface area (Å²) in [4.78, 5) is 17.4. The molecule has 0 radical (unpaired) electrons. The molecule has 0 aromatic carbocycles. The molecule has 1 atom stereocenters. The molecule has 0 bridgehead atoms. The fraction of sp³-hybridized carbons (Fsp3) is 0.455. The van der Waals surface area contributed by atoms with Gasteiger partial charge < -0.3 is 5.11 Å². The van der Waals surface area contributed by atoms with Gasteiger partial charge in [-0.05, 0) is 6.07 Å². The number of primary sulfonamides is 1. The predicted molar refractivity (Wildman–Crippen MR) is 68.6 cm³/mol. The van der Waals surface area contributed by atoms with Crippen molar-refractivity contribution in [1.82, 2.24) is 4.98 Å². The first-order chi connectivity index (χ1) is 8.90. The number of aliphatic hydroxyl groups excluding tert-OH is 1. The van der Waals surface area contributed by atoms with E-state index in [-0.39, 0.29) is 37.2 Å². The van der Waals surface area contributed by atoms with Crippen molar-refractivity contribution in [3.8, 4) is 0 Å². The van der Waals surface area contributed by atoms with Crippen LogP contribution >= 0.6 is 0 Å². The van der Waals surface area contributed by atoms with Crippen molar-refractivity contribution >= 4 is 21.7 Å². The van der Waals surface area contributed by atoms with Crippen molar-refractivity contribution in [2.45, 2.75) is 13.0 Å². The molecule has 0 saturated carbocycles. The van der Waals surface area contributed by atoms with Gasteiger partial charge in [-0.2, -0.15) is 0 Å². The Balaban J connectivity index is 2.20. The third kappa shape index (κ3) is 3.28. The summed E-state index contributed by atoms with van der Waals surface area (Å²) >= 11 is 0. The van der Waals surface area contributed by atoms with E-state index >= 15 is 0 Å². The van der Waals surface area contributed by atoms with E-state index in [1.165, 1.54) is 11.1 Å². The number of pyridine rings is 1. The Morgan fingerprint density at radius 3 is 2.89 bits per heavy atom. The molecule has 1 unspecified atom stereocenters. The number of aromatic nitrogens is 1. The highest BCUT2D eigenvalue weighted by atomic mass is 32.2. The Morgan fingerprint density at radius 2 is 2.26 bits per heavy atom. The molecule has 7 nitrogen and oxygen atoms in total. The lowest BCUT2D eigenvalue weighted by Crippen LogP contribution is -2.28. The van der Waals surface area contributed by atoms with Crippen LogP contribution < -0.4 is 10.0 Å². The molecule has 0 spiro atoms. The van der Waals surface area contributed by atoms with Crippen molar-refractivity contribution in [1.29, 1.82) is 0 Å². The molecular formula is C11H15N3O4S. The van der Waals surface area contributed by atoms with Gasteiger partial charge in [0, 0.05) is 30.6 Å². The number of rotatable bonds is 4. The number of aliphatic hydroxyl groups is 1. The third-order valence-electron chi connectivity index (χ3n) is 2.97. The Labute approximate surface area is 111 Å². The van der Waals surface area contributed by atoms with Gasteiger partial charge in [0.25, 0.3) is 0 Å². The fourth-order valence-corrected chi connectivity index (χ4v) is 3.10. The highest BCUT2D eigenvalue weighted by Gasteiger charge is 2.34. The monoisotopic (exact) mass is 285 g/mol. The van der Waals surface area contributed by atoms with E-state index in [1.54, 1.807) is 12.1 Å². The Hall–Kier alpha value is -1.51. The van der Waals surface area contributed by atoms with Gasteiger partial charge >= 0.3 is 0 Å². The van der Waals surface area contributed by atoms with Crippen molar-refractivity contribution in [3.05, 3.63) is 23.9 Å². The number of nitrogens with two attached hydrogens (primary N) is 1. The predicted octanol–water partition coefficient (Wildman–Crippen LogP) is -0.785. The van der Waals surface area contributed by atoms with Gasteiger partial charge in [0.15, 0.2) is 0 Å². The zero-order valence-corrected chi connectivity index (χ0v) is 11.0. The number of nitrogens with zero attached hydrogens (tertiary/aromatic N) is 2. The summed E-state index contributed by atoms with van der Waals surface area (Å²) in [5.41, 5.74) is 0.534. The van der Waals surface area contributed by atoms with Gasteiger partial charge in [-0.1, -0.05) is 6.07 Å². The minimum Gasteiger partial charge on any atom is -0.392 e. The lowest BCUT2D eigenvalue weighted by molar-refractivity contribution is -0.117. The van der Waals surface area contributed by atoms with Gasteiger partial charge in [-0.3, -0.25) is 9.69 Å². The largest absolute Gasteiger partial charge is 0.392 e. The summed E-state index contributed by atoms with van der Waals surface area (Å²) in [6.45, 7) is 0.0199. The van der Waals surface area contributed by atoms with Crippen LogP contribution in [-0.4, -0.2) is 36.7 Å². The maximum absolute atomic E-state index is 11.9. The van der Waals surface area contributed by atoms with Crippen LogP contribution in [-0.2, 0) is 21.4 Å². The second-order valence-corrected chi connectivity index (χ2v) is 6.21. The second kappa shape index (κ2) is 5.24.